The summed E-state index contributed by atoms with van der Waals surface area (Å²) in [6.45, 7) is 11.3. The van der Waals surface area contributed by atoms with Crippen LogP contribution in [0.2, 0.25) is 0 Å². The third-order valence-corrected chi connectivity index (χ3v) is 25.5. The minimum absolute atomic E-state index is 0.00473. The van der Waals surface area contributed by atoms with Crippen LogP contribution in [0.15, 0.2) is 0 Å². The Morgan fingerprint density at radius 3 is 0.824 bits per heavy atom. The van der Waals surface area contributed by atoms with Gasteiger partial charge in [-0.3, -0.25) is 14.4 Å². The monoisotopic (exact) mass is 1210 g/mol. The maximum absolute atomic E-state index is 12.8. The molecule has 0 aromatic rings. The van der Waals surface area contributed by atoms with Crippen LogP contribution in [0.1, 0.15) is 239 Å². The number of ether oxygens (including phenoxy) is 3. The van der Waals surface area contributed by atoms with Crippen molar-refractivity contribution in [3.8, 4) is 0 Å². The molecule has 0 fully saturated rings. The van der Waals surface area contributed by atoms with Crippen LogP contribution in [0.5, 0.6) is 0 Å². The molecule has 18 heteroatoms. The van der Waals surface area contributed by atoms with Gasteiger partial charge in [-0.1, -0.05) is 259 Å². The summed E-state index contributed by atoms with van der Waals surface area (Å²) < 4.78 is 16.7. The largest absolute Gasteiger partial charge is 0.465 e. The highest BCUT2D eigenvalue weighted by Crippen LogP contribution is 2.36. The van der Waals surface area contributed by atoms with Gasteiger partial charge in [0.25, 0.3) is 0 Å². The lowest BCUT2D eigenvalue weighted by Gasteiger charge is -2.25. The van der Waals surface area contributed by atoms with Crippen LogP contribution in [0.25, 0.3) is 0 Å². The fraction of sp³-hybridized carbons (Fsp3) is 0.946. The van der Waals surface area contributed by atoms with E-state index in [4.69, 9.17) is 14.2 Å². The summed E-state index contributed by atoms with van der Waals surface area (Å²) in [5.41, 5.74) is 0. The number of carbonyl (C=O) groups excluding carboxylic acids is 3. The molecular formula is C56H110N2O7S9. The average Bonchev–Trinajstić information content (AvgIpc) is 3.40. The summed E-state index contributed by atoms with van der Waals surface area (Å²) in [4.78, 5) is 42.4. The predicted octanol–water partition coefficient (Wildman–Crippen LogP) is 18.6. The fourth-order valence-corrected chi connectivity index (χ4v) is 19.2. The maximum Gasteiger partial charge on any atom is 0.307 e. The van der Waals surface area contributed by atoms with Gasteiger partial charge in [-0.15, -0.1) is 0 Å². The molecule has 9 nitrogen and oxygen atoms in total. The molecule has 0 aromatic heterocycles. The van der Waals surface area contributed by atoms with E-state index in [1.165, 1.54) is 198 Å². The Hall–Kier alpha value is 1.44. The smallest absolute Gasteiger partial charge is 0.307 e. The van der Waals surface area contributed by atoms with Crippen LogP contribution in [-0.4, -0.2) is 133 Å². The van der Waals surface area contributed by atoms with E-state index in [0.29, 0.717) is 59.1 Å². The zero-order chi connectivity index (χ0) is 53.7. The molecule has 0 atom stereocenters. The molecule has 0 aliphatic heterocycles. The second-order valence-corrected chi connectivity index (χ2v) is 32.8. The van der Waals surface area contributed by atoms with Crippen LogP contribution in [-0.2, 0) is 28.6 Å². The molecule has 440 valence electrons. The van der Waals surface area contributed by atoms with Crippen molar-refractivity contribution in [1.82, 2.24) is 9.80 Å². The van der Waals surface area contributed by atoms with E-state index in [1.54, 1.807) is 61.9 Å². The molecular weight excluding hydrogens is 1100 g/mol. The Balaban J connectivity index is 4.51. The molecule has 0 bridgehead atoms. The Morgan fingerprint density at radius 1 is 0.311 bits per heavy atom. The summed E-state index contributed by atoms with van der Waals surface area (Å²) in [5.74, 6) is 5.13. The summed E-state index contributed by atoms with van der Waals surface area (Å²) in [7, 11) is 16.3. The van der Waals surface area contributed by atoms with Gasteiger partial charge in [-0.25, -0.2) is 0 Å². The first-order valence-electron chi connectivity index (χ1n) is 29.7. The van der Waals surface area contributed by atoms with Crippen molar-refractivity contribution in [3.05, 3.63) is 0 Å². The number of esters is 3. The third kappa shape index (κ3) is 61.1. The zero-order valence-corrected chi connectivity index (χ0v) is 54.7. The SMILES string of the molecule is CCCCCCCCCCCCSSSCCOC(=O)CCN(CCO)CCCN(CCC(=O)OCCSSSCCCCCCCCCCCC)CCC(=O)OCCSSSCCCCCCCCCCCC. The Bertz CT molecular complexity index is 1130. The number of aliphatic hydroxyl groups is 1. The van der Waals surface area contributed by atoms with Crippen LogP contribution >= 0.6 is 94.2 Å². The van der Waals surface area contributed by atoms with Gasteiger partial charge in [0.15, 0.2) is 0 Å². The molecule has 0 aliphatic carbocycles. The molecule has 74 heavy (non-hydrogen) atoms. The van der Waals surface area contributed by atoms with Gasteiger partial charge in [0.1, 0.15) is 19.8 Å². The first kappa shape index (κ1) is 75.4. The molecule has 0 radical (unpaired) electrons. The van der Waals surface area contributed by atoms with E-state index in [1.807, 2.05) is 32.4 Å². The van der Waals surface area contributed by atoms with Gasteiger partial charge in [0.2, 0.25) is 0 Å². The first-order valence-corrected chi connectivity index (χ1v) is 41.2. The fourth-order valence-electron chi connectivity index (χ4n) is 8.11. The lowest BCUT2D eigenvalue weighted by molar-refractivity contribution is -0.144. The Kier molecular flexibility index (Phi) is 66.5. The molecule has 0 aromatic carbocycles. The van der Waals surface area contributed by atoms with E-state index in [-0.39, 0.29) is 43.8 Å². The predicted molar refractivity (Wildman–Crippen MR) is 344 cm³/mol. The minimum Gasteiger partial charge on any atom is -0.465 e. The molecule has 0 saturated carbocycles. The van der Waals surface area contributed by atoms with Crippen molar-refractivity contribution in [2.24, 2.45) is 0 Å². The van der Waals surface area contributed by atoms with Crippen molar-refractivity contribution >= 4 is 112 Å². The lowest BCUT2D eigenvalue weighted by Crippen LogP contribution is -2.35. The molecule has 0 spiro atoms. The molecule has 0 amide bonds. The van der Waals surface area contributed by atoms with E-state index < -0.39 is 0 Å². The highest BCUT2D eigenvalue weighted by Gasteiger charge is 2.15. The van der Waals surface area contributed by atoms with Gasteiger partial charge in [-0.05, 0) is 68.3 Å². The maximum atomic E-state index is 12.8. The van der Waals surface area contributed by atoms with Crippen LogP contribution in [0.4, 0.5) is 0 Å². The highest BCUT2D eigenvalue weighted by atomic mass is 33.5. The Labute approximate surface area is 490 Å². The van der Waals surface area contributed by atoms with Gasteiger partial charge in [0, 0.05) is 60.7 Å². The van der Waals surface area contributed by atoms with Gasteiger partial charge < -0.3 is 29.1 Å². The molecule has 0 saturated heterocycles. The van der Waals surface area contributed by atoms with E-state index in [0.717, 1.165) is 35.2 Å². The summed E-state index contributed by atoms with van der Waals surface area (Å²) in [6.07, 6.45) is 42.2. The van der Waals surface area contributed by atoms with E-state index in [2.05, 4.69) is 30.6 Å². The first-order chi connectivity index (χ1) is 36.5. The molecule has 0 aliphatic rings. The van der Waals surface area contributed by atoms with E-state index in [9.17, 15) is 19.5 Å². The standard InChI is InChI=1S/C56H110N2O7S9/c1-4-7-10-13-16-19-22-25-28-31-48-66-72-69-51-45-63-54(60)35-40-57(41-36-55(61)64-46-52-70-73-67-49-32-29-26-23-20-17-14-11-8-5-2)38-34-39-58(43-44-59)42-37-56(62)65-47-53-71-74-68-50-33-30-27-24-21-18-15-12-9-6-3/h59H,4-53H2,1-3H3. The van der Waals surface area contributed by atoms with Crippen molar-refractivity contribution in [2.45, 2.75) is 239 Å². The van der Waals surface area contributed by atoms with Crippen LogP contribution in [0, 0.1) is 0 Å². The molecule has 0 heterocycles. The van der Waals surface area contributed by atoms with Gasteiger partial charge >= 0.3 is 17.9 Å². The number of rotatable bonds is 63. The topological polar surface area (TPSA) is 106 Å². The molecule has 0 unspecified atom stereocenters. The lowest BCUT2D eigenvalue weighted by atomic mass is 10.1. The second kappa shape index (κ2) is 65.3. The second-order valence-electron chi connectivity index (χ2n) is 19.4. The van der Waals surface area contributed by atoms with Crippen LogP contribution in [0.3, 0.4) is 0 Å². The zero-order valence-electron chi connectivity index (χ0n) is 47.3. The summed E-state index contributed by atoms with van der Waals surface area (Å²) in [6, 6.07) is 0. The van der Waals surface area contributed by atoms with Crippen LogP contribution < -0.4 is 0 Å². The van der Waals surface area contributed by atoms with Gasteiger partial charge in [0.05, 0.1) is 25.9 Å². The summed E-state index contributed by atoms with van der Waals surface area (Å²) >= 11 is 0. The average molecular weight is 1210 g/mol. The minimum atomic E-state index is -0.220. The number of hydrogen-bond donors (Lipinski definition) is 1. The number of nitrogens with zero attached hydrogens (tertiary/aromatic N) is 2. The normalized spacial score (nSPS) is 11.6. The quantitative estimate of drug-likeness (QED) is 0.0270. The highest BCUT2D eigenvalue weighted by molar-refractivity contribution is 9.10. The Morgan fingerprint density at radius 2 is 0.554 bits per heavy atom. The third-order valence-electron chi connectivity index (χ3n) is 12.6. The van der Waals surface area contributed by atoms with Crippen molar-refractivity contribution in [3.63, 3.8) is 0 Å². The molecule has 1 N–H and O–H groups in total. The summed E-state index contributed by atoms with van der Waals surface area (Å²) in [5, 5.41) is 9.79. The van der Waals surface area contributed by atoms with E-state index >= 15 is 0 Å². The number of hydrogen-bond acceptors (Lipinski definition) is 18. The van der Waals surface area contributed by atoms with Crippen molar-refractivity contribution in [2.75, 3.05) is 100 Å². The number of unbranched alkanes of at least 4 members (excludes halogenated alkanes) is 27. The number of carbonyl (C=O) groups is 3. The number of aliphatic hydroxyl groups excluding tert-OH is 1. The van der Waals surface area contributed by atoms with Gasteiger partial charge in [-0.2, -0.15) is 0 Å². The van der Waals surface area contributed by atoms with Crippen molar-refractivity contribution in [1.29, 1.82) is 0 Å². The van der Waals surface area contributed by atoms with Crippen molar-refractivity contribution < 1.29 is 33.7 Å². The molecule has 0 rings (SSSR count).